The Morgan fingerprint density at radius 1 is 0.905 bits per heavy atom. The molecular formula is C19H29ClO. The lowest BCUT2D eigenvalue weighted by molar-refractivity contribution is 0.0979. The molecule has 0 saturated heterocycles. The van der Waals surface area contributed by atoms with Gasteiger partial charge in [0.2, 0.25) is 0 Å². The highest BCUT2D eigenvalue weighted by Gasteiger charge is 2.05. The van der Waals surface area contributed by atoms with Crippen molar-refractivity contribution < 1.29 is 4.79 Å². The lowest BCUT2D eigenvalue weighted by Gasteiger charge is -2.03. The maximum atomic E-state index is 12.0. The lowest BCUT2D eigenvalue weighted by Crippen LogP contribution is -1.98. The second-order valence-corrected chi connectivity index (χ2v) is 6.30. The first-order valence-electron chi connectivity index (χ1n) is 8.53. The van der Waals surface area contributed by atoms with Crippen molar-refractivity contribution in [1.29, 1.82) is 0 Å². The summed E-state index contributed by atoms with van der Waals surface area (Å²) in [7, 11) is 0. The highest BCUT2D eigenvalue weighted by Crippen LogP contribution is 2.15. The van der Waals surface area contributed by atoms with Crippen LogP contribution in [-0.4, -0.2) is 5.78 Å². The van der Waals surface area contributed by atoms with Gasteiger partial charge >= 0.3 is 0 Å². The molecule has 1 aromatic rings. The van der Waals surface area contributed by atoms with E-state index in [2.05, 4.69) is 6.92 Å². The van der Waals surface area contributed by atoms with Crippen LogP contribution in [0.2, 0.25) is 5.02 Å². The molecular weight excluding hydrogens is 280 g/mol. The first kappa shape index (κ1) is 18.2. The van der Waals surface area contributed by atoms with Crippen molar-refractivity contribution in [2.24, 2.45) is 0 Å². The first-order chi connectivity index (χ1) is 10.2. The smallest absolute Gasteiger partial charge is 0.162 e. The molecule has 0 amide bonds. The monoisotopic (exact) mass is 308 g/mol. The molecule has 1 aromatic carbocycles. The van der Waals surface area contributed by atoms with Crippen molar-refractivity contribution in [1.82, 2.24) is 0 Å². The third-order valence-corrected chi connectivity index (χ3v) is 4.14. The van der Waals surface area contributed by atoms with Crippen LogP contribution in [0.4, 0.5) is 0 Å². The van der Waals surface area contributed by atoms with Gasteiger partial charge in [-0.2, -0.15) is 0 Å². The molecule has 0 saturated carbocycles. The minimum atomic E-state index is 0.220. The molecule has 0 radical (unpaired) electrons. The average molecular weight is 309 g/mol. The molecule has 0 aromatic heterocycles. The molecule has 0 N–H and O–H groups in total. The Balaban J connectivity index is 1.98. The summed E-state index contributed by atoms with van der Waals surface area (Å²) in [5.41, 5.74) is 0.749. The molecule has 0 aliphatic rings. The van der Waals surface area contributed by atoms with E-state index in [9.17, 15) is 4.79 Å². The Hall–Kier alpha value is -0.820. The van der Waals surface area contributed by atoms with Crippen molar-refractivity contribution in [2.45, 2.75) is 77.6 Å². The number of carbonyl (C=O) groups excluding carboxylic acids is 1. The molecule has 0 aliphatic carbocycles. The zero-order chi connectivity index (χ0) is 15.3. The topological polar surface area (TPSA) is 17.1 Å². The molecule has 0 atom stereocenters. The summed E-state index contributed by atoms with van der Waals surface area (Å²) in [6, 6.07) is 7.26. The van der Waals surface area contributed by atoms with Crippen LogP contribution in [0.15, 0.2) is 24.3 Å². The summed E-state index contributed by atoms with van der Waals surface area (Å²) >= 11 is 5.90. The number of rotatable bonds is 12. The number of benzene rings is 1. The van der Waals surface area contributed by atoms with Gasteiger partial charge in [0.05, 0.1) is 0 Å². The molecule has 1 nitrogen and oxygen atoms in total. The van der Waals surface area contributed by atoms with E-state index in [1.54, 1.807) is 12.1 Å². The van der Waals surface area contributed by atoms with E-state index < -0.39 is 0 Å². The number of unbranched alkanes of at least 4 members (excludes halogenated alkanes) is 9. The van der Waals surface area contributed by atoms with Gasteiger partial charge < -0.3 is 0 Å². The molecule has 118 valence electrons. The van der Waals surface area contributed by atoms with Crippen LogP contribution in [0, 0.1) is 0 Å². The van der Waals surface area contributed by atoms with Gasteiger partial charge in [0.1, 0.15) is 0 Å². The van der Waals surface area contributed by atoms with Crippen molar-refractivity contribution >= 4 is 17.4 Å². The van der Waals surface area contributed by atoms with E-state index in [1.165, 1.54) is 57.8 Å². The lowest BCUT2D eigenvalue weighted by atomic mass is 10.0. The number of ketones is 1. The normalized spacial score (nSPS) is 10.8. The van der Waals surface area contributed by atoms with Crippen molar-refractivity contribution in [3.8, 4) is 0 Å². The maximum Gasteiger partial charge on any atom is 0.162 e. The van der Waals surface area contributed by atoms with Crippen molar-refractivity contribution in [3.05, 3.63) is 34.9 Å². The fraction of sp³-hybridized carbons (Fsp3) is 0.632. The van der Waals surface area contributed by atoms with Crippen LogP contribution in [0.25, 0.3) is 0 Å². The van der Waals surface area contributed by atoms with Gasteiger partial charge in [-0.25, -0.2) is 0 Å². The van der Waals surface area contributed by atoms with Crippen LogP contribution in [-0.2, 0) is 0 Å². The second kappa shape index (κ2) is 11.8. The quantitative estimate of drug-likeness (QED) is 0.305. The van der Waals surface area contributed by atoms with E-state index in [-0.39, 0.29) is 5.78 Å². The Morgan fingerprint density at radius 3 is 2.05 bits per heavy atom. The SMILES string of the molecule is CCCCCCCCCCCCC(=O)c1cccc(Cl)c1. The van der Waals surface area contributed by atoms with Crippen molar-refractivity contribution in [2.75, 3.05) is 0 Å². The average Bonchev–Trinajstić information content (AvgIpc) is 2.49. The maximum absolute atomic E-state index is 12.0. The van der Waals surface area contributed by atoms with E-state index >= 15 is 0 Å². The minimum absolute atomic E-state index is 0.220. The van der Waals surface area contributed by atoms with Crippen molar-refractivity contribution in [3.63, 3.8) is 0 Å². The Labute approximate surface area is 135 Å². The molecule has 21 heavy (non-hydrogen) atoms. The van der Waals surface area contributed by atoms with Crippen LogP contribution < -0.4 is 0 Å². The van der Waals surface area contributed by atoms with Gasteiger partial charge in [-0.1, -0.05) is 88.4 Å². The van der Waals surface area contributed by atoms with Gasteiger partial charge in [-0.05, 0) is 18.6 Å². The van der Waals surface area contributed by atoms with E-state index in [1.807, 2.05) is 12.1 Å². The van der Waals surface area contributed by atoms with E-state index in [4.69, 9.17) is 11.6 Å². The van der Waals surface area contributed by atoms with E-state index in [0.29, 0.717) is 11.4 Å². The van der Waals surface area contributed by atoms with Crippen LogP contribution in [0.3, 0.4) is 0 Å². The predicted molar refractivity (Wildman–Crippen MR) is 92.2 cm³/mol. The zero-order valence-electron chi connectivity index (χ0n) is 13.4. The first-order valence-corrected chi connectivity index (χ1v) is 8.90. The third-order valence-electron chi connectivity index (χ3n) is 3.90. The molecule has 0 bridgehead atoms. The highest BCUT2D eigenvalue weighted by molar-refractivity contribution is 6.31. The largest absolute Gasteiger partial charge is 0.294 e. The molecule has 0 heterocycles. The summed E-state index contributed by atoms with van der Waals surface area (Å²) < 4.78 is 0. The predicted octanol–water partition coefficient (Wildman–Crippen LogP) is 6.83. The Bertz CT molecular complexity index is 400. The second-order valence-electron chi connectivity index (χ2n) is 5.87. The van der Waals surface area contributed by atoms with Gasteiger partial charge in [0.15, 0.2) is 5.78 Å². The highest BCUT2D eigenvalue weighted by atomic mass is 35.5. The fourth-order valence-electron chi connectivity index (χ4n) is 2.58. The fourth-order valence-corrected chi connectivity index (χ4v) is 2.77. The molecule has 0 spiro atoms. The van der Waals surface area contributed by atoms with Gasteiger partial charge in [-0.3, -0.25) is 4.79 Å². The third kappa shape index (κ3) is 8.93. The van der Waals surface area contributed by atoms with Gasteiger partial charge in [0.25, 0.3) is 0 Å². The molecule has 0 unspecified atom stereocenters. The Kier molecular flexibility index (Phi) is 10.2. The van der Waals surface area contributed by atoms with E-state index in [0.717, 1.165) is 12.0 Å². The van der Waals surface area contributed by atoms with Crippen LogP contribution in [0.1, 0.15) is 87.9 Å². The Morgan fingerprint density at radius 2 is 1.48 bits per heavy atom. The number of halogens is 1. The minimum Gasteiger partial charge on any atom is -0.294 e. The summed E-state index contributed by atoms with van der Waals surface area (Å²) in [4.78, 5) is 12.0. The summed E-state index contributed by atoms with van der Waals surface area (Å²) in [6.45, 7) is 2.25. The summed E-state index contributed by atoms with van der Waals surface area (Å²) in [5, 5.41) is 0.643. The number of hydrogen-bond acceptors (Lipinski definition) is 1. The molecule has 2 heteroatoms. The zero-order valence-corrected chi connectivity index (χ0v) is 14.1. The molecule has 0 fully saturated rings. The molecule has 1 rings (SSSR count). The van der Waals surface area contributed by atoms with Crippen LogP contribution >= 0.6 is 11.6 Å². The standard InChI is InChI=1S/C19H29ClO/c1-2-3-4-5-6-7-8-9-10-11-15-19(21)17-13-12-14-18(20)16-17/h12-14,16H,2-11,15H2,1H3. The number of carbonyl (C=O) groups is 1. The van der Waals surface area contributed by atoms with Gasteiger partial charge in [-0.15, -0.1) is 0 Å². The van der Waals surface area contributed by atoms with Crippen LogP contribution in [0.5, 0.6) is 0 Å². The summed E-state index contributed by atoms with van der Waals surface area (Å²) in [6.07, 6.45) is 13.6. The number of Topliss-reactive ketones (excluding diaryl/α,β-unsaturated/α-hetero) is 1. The number of hydrogen-bond donors (Lipinski definition) is 0. The van der Waals surface area contributed by atoms with Gasteiger partial charge in [0, 0.05) is 17.0 Å². The summed E-state index contributed by atoms with van der Waals surface area (Å²) in [5.74, 6) is 0.220. The molecule has 0 aliphatic heterocycles.